The molecule has 1 atom stereocenters. The Kier molecular flexibility index (Phi) is 2.84. The molecule has 1 aliphatic rings. The van der Waals surface area contributed by atoms with Crippen molar-refractivity contribution < 1.29 is 9.53 Å². The van der Waals surface area contributed by atoms with Crippen LogP contribution in [0.25, 0.3) is 0 Å². The van der Waals surface area contributed by atoms with Crippen LogP contribution in [0.4, 0.5) is 0 Å². The first-order valence-corrected chi connectivity index (χ1v) is 5.17. The molecule has 0 saturated carbocycles. The van der Waals surface area contributed by atoms with Crippen molar-refractivity contribution in [3.63, 3.8) is 0 Å². The van der Waals surface area contributed by atoms with Gasteiger partial charge in [-0.05, 0) is 31.0 Å². The summed E-state index contributed by atoms with van der Waals surface area (Å²) in [7, 11) is 1.70. The van der Waals surface area contributed by atoms with Crippen molar-refractivity contribution in [2.45, 2.75) is 18.6 Å². The summed E-state index contributed by atoms with van der Waals surface area (Å²) in [5.41, 5.74) is 1.34. The van der Waals surface area contributed by atoms with Gasteiger partial charge in [-0.25, -0.2) is 0 Å². The van der Waals surface area contributed by atoms with Gasteiger partial charge in [0.2, 0.25) is 0 Å². The number of nitrogens with one attached hydrogen (secondary N) is 1. The van der Waals surface area contributed by atoms with E-state index in [0.717, 1.165) is 31.2 Å². The largest absolute Gasteiger partial charge is 0.360 e. The first-order valence-electron chi connectivity index (χ1n) is 5.17. The van der Waals surface area contributed by atoms with Crippen LogP contribution in [0.5, 0.6) is 0 Å². The summed E-state index contributed by atoms with van der Waals surface area (Å²) in [5, 5.41) is 3.35. The molecule has 2 rings (SSSR count). The molecule has 1 heterocycles. The normalized spacial score (nSPS) is 25.4. The number of hydrogen-bond acceptors (Lipinski definition) is 3. The molecule has 0 aliphatic carbocycles. The molecule has 1 aromatic rings. The van der Waals surface area contributed by atoms with Gasteiger partial charge in [-0.2, -0.15) is 0 Å². The molecule has 1 aromatic carbocycles. The van der Waals surface area contributed by atoms with Gasteiger partial charge in [-0.15, -0.1) is 0 Å². The van der Waals surface area contributed by atoms with Crippen molar-refractivity contribution in [2.24, 2.45) is 0 Å². The van der Waals surface area contributed by atoms with Gasteiger partial charge < -0.3 is 4.74 Å². The molecule has 3 heteroatoms. The number of ether oxygens (including phenoxy) is 1. The number of aldehydes is 1. The van der Waals surface area contributed by atoms with Gasteiger partial charge in [0.05, 0.1) is 0 Å². The van der Waals surface area contributed by atoms with E-state index in [4.69, 9.17) is 4.74 Å². The first-order chi connectivity index (χ1) is 7.30. The lowest BCUT2D eigenvalue weighted by molar-refractivity contribution is -0.0286. The monoisotopic (exact) mass is 205 g/mol. The summed E-state index contributed by atoms with van der Waals surface area (Å²) in [6, 6.07) is 7.57. The number of methoxy groups -OCH3 is 1. The number of carbonyl (C=O) groups is 1. The van der Waals surface area contributed by atoms with Gasteiger partial charge >= 0.3 is 0 Å². The highest BCUT2D eigenvalue weighted by Gasteiger charge is 2.35. The number of hydrogen-bond donors (Lipinski definition) is 1. The van der Waals surface area contributed by atoms with Gasteiger partial charge in [0.1, 0.15) is 12.0 Å². The van der Waals surface area contributed by atoms with Crippen molar-refractivity contribution in [3.05, 3.63) is 35.4 Å². The fraction of sp³-hybridized carbons (Fsp3) is 0.417. The van der Waals surface area contributed by atoms with Crippen LogP contribution < -0.4 is 5.32 Å². The molecule has 1 saturated heterocycles. The second kappa shape index (κ2) is 4.13. The van der Waals surface area contributed by atoms with Crippen molar-refractivity contribution in [3.8, 4) is 0 Å². The van der Waals surface area contributed by atoms with Crippen LogP contribution in [0.2, 0.25) is 0 Å². The van der Waals surface area contributed by atoms with E-state index < -0.39 is 0 Å². The van der Waals surface area contributed by atoms with Crippen LogP contribution >= 0.6 is 0 Å². The van der Waals surface area contributed by atoms with Crippen molar-refractivity contribution in [1.82, 2.24) is 5.32 Å². The quantitative estimate of drug-likeness (QED) is 0.763. The van der Waals surface area contributed by atoms with E-state index in [1.165, 1.54) is 0 Å². The summed E-state index contributed by atoms with van der Waals surface area (Å²) < 4.78 is 5.56. The number of carbonyl (C=O) groups excluding carboxylic acids is 1. The van der Waals surface area contributed by atoms with E-state index in [9.17, 15) is 4.79 Å². The summed E-state index contributed by atoms with van der Waals surface area (Å²) in [6.07, 6.45) is 2.91. The predicted molar refractivity (Wildman–Crippen MR) is 57.8 cm³/mol. The smallest absolute Gasteiger partial charge is 0.150 e. The molecule has 0 bridgehead atoms. The molecule has 0 radical (unpaired) electrons. The summed E-state index contributed by atoms with van der Waals surface area (Å²) >= 11 is 0. The zero-order valence-corrected chi connectivity index (χ0v) is 8.82. The van der Waals surface area contributed by atoms with Gasteiger partial charge in [0.25, 0.3) is 0 Å². The fourth-order valence-corrected chi connectivity index (χ4v) is 2.12. The SMILES string of the molecule is CO[C@]1(c2cccc(C=O)c2)CCCN1. The Hall–Kier alpha value is -1.19. The Morgan fingerprint density at radius 2 is 2.40 bits per heavy atom. The minimum atomic E-state index is -0.390. The number of rotatable bonds is 3. The molecule has 80 valence electrons. The molecule has 1 N–H and O–H groups in total. The van der Waals surface area contributed by atoms with E-state index >= 15 is 0 Å². The Bertz CT molecular complexity index is 356. The lowest BCUT2D eigenvalue weighted by atomic mass is 9.99. The molecule has 0 unspecified atom stereocenters. The fourth-order valence-electron chi connectivity index (χ4n) is 2.12. The molecule has 1 aliphatic heterocycles. The van der Waals surface area contributed by atoms with Crippen molar-refractivity contribution >= 4 is 6.29 Å². The average molecular weight is 205 g/mol. The van der Waals surface area contributed by atoms with Crippen LogP contribution in [0.3, 0.4) is 0 Å². The zero-order chi connectivity index (χ0) is 10.7. The maximum atomic E-state index is 10.7. The first kappa shape index (κ1) is 10.3. The minimum absolute atomic E-state index is 0.390. The molecular weight excluding hydrogens is 190 g/mol. The van der Waals surface area contributed by atoms with Crippen LogP contribution in [0, 0.1) is 0 Å². The second-order valence-electron chi connectivity index (χ2n) is 3.80. The third-order valence-electron chi connectivity index (χ3n) is 2.95. The Balaban J connectivity index is 2.37. The molecule has 0 spiro atoms. The molecular formula is C12H15NO2. The van der Waals surface area contributed by atoms with Gasteiger partial charge in [-0.3, -0.25) is 10.1 Å². The molecule has 0 aromatic heterocycles. The van der Waals surface area contributed by atoms with E-state index in [-0.39, 0.29) is 5.72 Å². The van der Waals surface area contributed by atoms with E-state index in [1.54, 1.807) is 13.2 Å². The zero-order valence-electron chi connectivity index (χ0n) is 8.82. The summed E-state index contributed by atoms with van der Waals surface area (Å²) in [5.74, 6) is 0. The molecule has 15 heavy (non-hydrogen) atoms. The van der Waals surface area contributed by atoms with Crippen molar-refractivity contribution in [1.29, 1.82) is 0 Å². The lowest BCUT2D eigenvalue weighted by Gasteiger charge is -2.28. The average Bonchev–Trinajstić information content (AvgIpc) is 2.79. The highest BCUT2D eigenvalue weighted by molar-refractivity contribution is 5.75. The molecule has 1 fully saturated rings. The van der Waals surface area contributed by atoms with Crippen LogP contribution in [0.15, 0.2) is 24.3 Å². The summed E-state index contributed by atoms with van der Waals surface area (Å²) in [4.78, 5) is 10.7. The maximum Gasteiger partial charge on any atom is 0.150 e. The molecule has 0 amide bonds. The van der Waals surface area contributed by atoms with Crippen LogP contribution in [-0.2, 0) is 10.5 Å². The summed E-state index contributed by atoms with van der Waals surface area (Å²) in [6.45, 7) is 0.957. The number of benzene rings is 1. The van der Waals surface area contributed by atoms with Crippen LogP contribution in [0.1, 0.15) is 28.8 Å². The third kappa shape index (κ3) is 1.80. The lowest BCUT2D eigenvalue weighted by Crippen LogP contribution is -2.38. The topological polar surface area (TPSA) is 38.3 Å². The highest BCUT2D eigenvalue weighted by atomic mass is 16.5. The maximum absolute atomic E-state index is 10.7. The van der Waals surface area contributed by atoms with Crippen molar-refractivity contribution in [2.75, 3.05) is 13.7 Å². The highest BCUT2D eigenvalue weighted by Crippen LogP contribution is 2.31. The molecule has 3 nitrogen and oxygen atoms in total. The van der Waals surface area contributed by atoms with Gasteiger partial charge in [-0.1, -0.05) is 18.2 Å². The van der Waals surface area contributed by atoms with E-state index in [2.05, 4.69) is 5.32 Å². The van der Waals surface area contributed by atoms with Gasteiger partial charge in [0, 0.05) is 12.7 Å². The standard InChI is InChI=1S/C12H15NO2/c1-15-12(6-3-7-13-12)11-5-2-4-10(8-11)9-14/h2,4-5,8-9,13H,3,6-7H2,1H3/t12-/m0/s1. The van der Waals surface area contributed by atoms with E-state index in [0.29, 0.717) is 5.56 Å². The van der Waals surface area contributed by atoms with E-state index in [1.807, 2.05) is 18.2 Å². The second-order valence-corrected chi connectivity index (χ2v) is 3.80. The third-order valence-corrected chi connectivity index (χ3v) is 2.95. The Morgan fingerprint density at radius 3 is 3.00 bits per heavy atom. The van der Waals surface area contributed by atoms with Crippen LogP contribution in [-0.4, -0.2) is 19.9 Å². The van der Waals surface area contributed by atoms with Gasteiger partial charge in [0.15, 0.2) is 0 Å². The Morgan fingerprint density at radius 1 is 1.53 bits per heavy atom. The minimum Gasteiger partial charge on any atom is -0.360 e. The Labute approximate surface area is 89.4 Å². The predicted octanol–water partition coefficient (Wildman–Crippen LogP) is 1.68.